The SMILES string of the molecule is C=Cc1ccc(OC(CCCCCCCCCC)C(=O)O)cc1. The van der Waals surface area contributed by atoms with E-state index in [0.717, 1.165) is 18.4 Å². The normalized spacial score (nSPS) is 11.9. The van der Waals surface area contributed by atoms with Crippen molar-refractivity contribution in [3.63, 3.8) is 0 Å². The fourth-order valence-electron chi connectivity index (χ4n) is 2.54. The standard InChI is InChI=1S/C20H30O3/c1-3-5-6-7-8-9-10-11-12-19(20(21)22)23-18-15-13-17(4-2)14-16-18/h4,13-16,19H,2-3,5-12H2,1H3,(H,21,22). The van der Waals surface area contributed by atoms with Crippen molar-refractivity contribution in [3.05, 3.63) is 36.4 Å². The summed E-state index contributed by atoms with van der Waals surface area (Å²) in [6.07, 6.45) is 11.2. The van der Waals surface area contributed by atoms with Gasteiger partial charge >= 0.3 is 5.97 Å². The number of rotatable bonds is 13. The minimum absolute atomic E-state index is 0.563. The Hall–Kier alpha value is -1.77. The summed E-state index contributed by atoms with van der Waals surface area (Å²) in [4.78, 5) is 11.3. The zero-order chi connectivity index (χ0) is 16.9. The molecule has 23 heavy (non-hydrogen) atoms. The lowest BCUT2D eigenvalue weighted by atomic mass is 10.1. The Morgan fingerprint density at radius 1 is 1.09 bits per heavy atom. The van der Waals surface area contributed by atoms with Crippen LogP contribution in [0.2, 0.25) is 0 Å². The molecule has 0 amide bonds. The van der Waals surface area contributed by atoms with Crippen LogP contribution >= 0.6 is 0 Å². The Labute approximate surface area is 140 Å². The number of benzene rings is 1. The van der Waals surface area contributed by atoms with Crippen molar-refractivity contribution in [1.29, 1.82) is 0 Å². The first kappa shape index (κ1) is 19.3. The first-order valence-electron chi connectivity index (χ1n) is 8.79. The summed E-state index contributed by atoms with van der Waals surface area (Å²) < 4.78 is 5.60. The van der Waals surface area contributed by atoms with Gasteiger partial charge in [-0.2, -0.15) is 0 Å². The number of carboxylic acid groups (broad SMARTS) is 1. The van der Waals surface area contributed by atoms with Crippen molar-refractivity contribution in [3.8, 4) is 5.75 Å². The first-order chi connectivity index (χ1) is 11.2. The van der Waals surface area contributed by atoms with Gasteiger partial charge in [-0.1, -0.05) is 76.7 Å². The Kier molecular flexibility index (Phi) is 9.85. The summed E-state index contributed by atoms with van der Waals surface area (Å²) in [6, 6.07) is 7.33. The lowest BCUT2D eigenvalue weighted by molar-refractivity contribution is -0.145. The minimum atomic E-state index is -0.888. The van der Waals surface area contributed by atoms with Crippen LogP contribution in [0.4, 0.5) is 0 Å². The van der Waals surface area contributed by atoms with Crippen LogP contribution in [0.3, 0.4) is 0 Å². The van der Waals surface area contributed by atoms with Crippen molar-refractivity contribution in [1.82, 2.24) is 0 Å². The molecule has 0 saturated carbocycles. The second kappa shape index (κ2) is 11.8. The van der Waals surface area contributed by atoms with Crippen LogP contribution in [0, 0.1) is 0 Å². The third-order valence-electron chi connectivity index (χ3n) is 3.99. The van der Waals surface area contributed by atoms with Gasteiger partial charge in [-0.05, 0) is 30.5 Å². The Balaban J connectivity index is 2.26. The number of carboxylic acids is 1. The van der Waals surface area contributed by atoms with Gasteiger partial charge in [-0.3, -0.25) is 0 Å². The fraction of sp³-hybridized carbons (Fsp3) is 0.550. The van der Waals surface area contributed by atoms with E-state index in [2.05, 4.69) is 13.5 Å². The highest BCUT2D eigenvalue weighted by Crippen LogP contribution is 2.18. The topological polar surface area (TPSA) is 46.5 Å². The summed E-state index contributed by atoms with van der Waals surface area (Å²) in [5.74, 6) is -0.289. The first-order valence-corrected chi connectivity index (χ1v) is 8.79. The summed E-state index contributed by atoms with van der Waals surface area (Å²) >= 11 is 0. The molecule has 3 nitrogen and oxygen atoms in total. The lowest BCUT2D eigenvalue weighted by Crippen LogP contribution is -2.26. The number of ether oxygens (including phenoxy) is 1. The highest BCUT2D eigenvalue weighted by Gasteiger charge is 2.18. The molecule has 1 unspecified atom stereocenters. The van der Waals surface area contributed by atoms with Gasteiger partial charge in [0, 0.05) is 0 Å². The van der Waals surface area contributed by atoms with Gasteiger partial charge in [0.25, 0.3) is 0 Å². The number of aliphatic carboxylic acids is 1. The molecule has 1 rings (SSSR count). The van der Waals surface area contributed by atoms with Crippen molar-refractivity contribution in [2.45, 2.75) is 70.8 Å². The molecule has 0 aliphatic carbocycles. The minimum Gasteiger partial charge on any atom is -0.479 e. The van der Waals surface area contributed by atoms with Gasteiger partial charge in [-0.15, -0.1) is 0 Å². The van der Waals surface area contributed by atoms with E-state index in [9.17, 15) is 9.90 Å². The van der Waals surface area contributed by atoms with Crippen molar-refractivity contribution in [2.24, 2.45) is 0 Å². The zero-order valence-corrected chi connectivity index (χ0v) is 14.3. The van der Waals surface area contributed by atoms with E-state index >= 15 is 0 Å². The molecule has 0 bridgehead atoms. The Morgan fingerprint density at radius 3 is 2.17 bits per heavy atom. The van der Waals surface area contributed by atoms with Gasteiger partial charge in [0.05, 0.1) is 0 Å². The van der Waals surface area contributed by atoms with Gasteiger partial charge < -0.3 is 9.84 Å². The highest BCUT2D eigenvalue weighted by atomic mass is 16.5. The molecular formula is C20H30O3. The molecule has 0 aliphatic heterocycles. The largest absolute Gasteiger partial charge is 0.479 e. The van der Waals surface area contributed by atoms with E-state index in [1.807, 2.05) is 12.1 Å². The number of hydrogen-bond acceptors (Lipinski definition) is 2. The van der Waals surface area contributed by atoms with Crippen LogP contribution in [0.25, 0.3) is 6.08 Å². The average molecular weight is 318 g/mol. The van der Waals surface area contributed by atoms with Crippen molar-refractivity contribution < 1.29 is 14.6 Å². The van der Waals surface area contributed by atoms with Gasteiger partial charge in [0.1, 0.15) is 5.75 Å². The quantitative estimate of drug-likeness (QED) is 0.475. The second-order valence-electron chi connectivity index (χ2n) is 5.98. The molecule has 128 valence electrons. The molecule has 0 saturated heterocycles. The fourth-order valence-corrected chi connectivity index (χ4v) is 2.54. The van der Waals surface area contributed by atoms with Gasteiger partial charge in [0.15, 0.2) is 6.10 Å². The molecule has 1 aromatic carbocycles. The third-order valence-corrected chi connectivity index (χ3v) is 3.99. The molecule has 3 heteroatoms. The van der Waals surface area contributed by atoms with E-state index in [-0.39, 0.29) is 0 Å². The summed E-state index contributed by atoms with van der Waals surface area (Å²) in [5, 5.41) is 9.29. The van der Waals surface area contributed by atoms with Gasteiger partial charge in [-0.25, -0.2) is 4.79 Å². The van der Waals surface area contributed by atoms with E-state index in [4.69, 9.17) is 4.74 Å². The van der Waals surface area contributed by atoms with E-state index < -0.39 is 12.1 Å². The zero-order valence-electron chi connectivity index (χ0n) is 14.3. The summed E-state index contributed by atoms with van der Waals surface area (Å²) in [5.41, 5.74) is 0.993. The maximum Gasteiger partial charge on any atom is 0.344 e. The van der Waals surface area contributed by atoms with Crippen molar-refractivity contribution in [2.75, 3.05) is 0 Å². The molecule has 1 N–H and O–H groups in total. The molecule has 0 radical (unpaired) electrons. The molecule has 0 fully saturated rings. The average Bonchev–Trinajstić information content (AvgIpc) is 2.56. The van der Waals surface area contributed by atoms with E-state index in [1.54, 1.807) is 18.2 Å². The summed E-state index contributed by atoms with van der Waals surface area (Å²) in [7, 11) is 0. The van der Waals surface area contributed by atoms with Crippen LogP contribution in [0.15, 0.2) is 30.8 Å². The molecule has 0 heterocycles. The monoisotopic (exact) mass is 318 g/mol. The summed E-state index contributed by atoms with van der Waals surface area (Å²) in [6.45, 7) is 5.92. The lowest BCUT2D eigenvalue weighted by Gasteiger charge is -2.15. The predicted octanol–water partition coefficient (Wildman–Crippen LogP) is 5.69. The maximum absolute atomic E-state index is 11.3. The Bertz CT molecular complexity index is 450. The van der Waals surface area contributed by atoms with E-state index in [1.165, 1.54) is 38.5 Å². The Morgan fingerprint density at radius 2 is 1.65 bits per heavy atom. The second-order valence-corrected chi connectivity index (χ2v) is 5.98. The van der Waals surface area contributed by atoms with E-state index in [0.29, 0.717) is 12.2 Å². The maximum atomic E-state index is 11.3. The smallest absolute Gasteiger partial charge is 0.344 e. The number of carbonyl (C=O) groups is 1. The number of hydrogen-bond donors (Lipinski definition) is 1. The van der Waals surface area contributed by atoms with Crippen LogP contribution in [-0.2, 0) is 4.79 Å². The number of unbranched alkanes of at least 4 members (excludes halogenated alkanes) is 7. The molecular weight excluding hydrogens is 288 g/mol. The van der Waals surface area contributed by atoms with Crippen LogP contribution in [0.1, 0.15) is 70.3 Å². The molecule has 1 atom stereocenters. The molecule has 0 aromatic heterocycles. The molecule has 1 aromatic rings. The third kappa shape index (κ3) is 8.44. The highest BCUT2D eigenvalue weighted by molar-refractivity contribution is 5.72. The van der Waals surface area contributed by atoms with Gasteiger partial charge in [0.2, 0.25) is 0 Å². The van der Waals surface area contributed by atoms with Crippen LogP contribution < -0.4 is 4.74 Å². The van der Waals surface area contributed by atoms with Crippen LogP contribution in [0.5, 0.6) is 5.75 Å². The molecule has 0 spiro atoms. The molecule has 0 aliphatic rings. The van der Waals surface area contributed by atoms with Crippen molar-refractivity contribution >= 4 is 12.0 Å². The predicted molar refractivity (Wildman–Crippen MR) is 95.8 cm³/mol. The van der Waals surface area contributed by atoms with Crippen LogP contribution in [-0.4, -0.2) is 17.2 Å².